The molecule has 1 aromatic heterocycles. The van der Waals surface area contributed by atoms with Crippen LogP contribution in [0.3, 0.4) is 0 Å². The number of carbonyl (C=O) groups is 2. The summed E-state index contributed by atoms with van der Waals surface area (Å²) in [5.41, 5.74) is -0.130. The molecule has 1 unspecified atom stereocenters. The fourth-order valence-corrected chi connectivity index (χ4v) is 2.93. The van der Waals surface area contributed by atoms with Crippen molar-refractivity contribution in [2.24, 2.45) is 0 Å². The van der Waals surface area contributed by atoms with E-state index >= 15 is 0 Å². The highest BCUT2D eigenvalue weighted by atomic mass is 19.4. The number of nitrogens with zero attached hydrogens (tertiary/aromatic N) is 2. The fourth-order valence-electron chi connectivity index (χ4n) is 2.93. The number of benzene rings is 1. The minimum absolute atomic E-state index is 0.0796. The zero-order valence-electron chi connectivity index (χ0n) is 14.2. The van der Waals surface area contributed by atoms with Crippen LogP contribution in [0.2, 0.25) is 0 Å². The van der Waals surface area contributed by atoms with Crippen molar-refractivity contribution in [1.29, 1.82) is 0 Å². The zero-order valence-corrected chi connectivity index (χ0v) is 14.2. The van der Waals surface area contributed by atoms with Crippen LogP contribution < -0.4 is 10.6 Å². The van der Waals surface area contributed by atoms with Crippen LogP contribution in [0.25, 0.3) is 0 Å². The summed E-state index contributed by atoms with van der Waals surface area (Å²) in [6.07, 6.45) is -0.555. The van der Waals surface area contributed by atoms with Gasteiger partial charge >= 0.3 is 12.2 Å². The van der Waals surface area contributed by atoms with Crippen LogP contribution in [0.15, 0.2) is 36.7 Å². The van der Waals surface area contributed by atoms with Crippen LogP contribution in [-0.2, 0) is 11.0 Å². The number of aromatic amines is 1. The molecule has 0 saturated carbocycles. The molecule has 0 spiro atoms. The van der Waals surface area contributed by atoms with Crippen molar-refractivity contribution in [3.63, 3.8) is 0 Å². The first-order chi connectivity index (χ1) is 12.8. The second-order valence-electron chi connectivity index (χ2n) is 6.20. The number of nitrogens with one attached hydrogen (secondary N) is 3. The second-order valence-corrected chi connectivity index (χ2v) is 6.20. The van der Waals surface area contributed by atoms with Gasteiger partial charge in [0.25, 0.3) is 0 Å². The molecule has 1 aliphatic rings. The van der Waals surface area contributed by atoms with E-state index < -0.39 is 23.8 Å². The lowest BCUT2D eigenvalue weighted by Gasteiger charge is -2.25. The van der Waals surface area contributed by atoms with Gasteiger partial charge in [-0.25, -0.2) is 4.79 Å². The Morgan fingerprint density at radius 2 is 2.19 bits per heavy atom. The highest BCUT2D eigenvalue weighted by molar-refractivity contribution is 5.89. The molecule has 3 N–H and O–H groups in total. The van der Waals surface area contributed by atoms with Crippen molar-refractivity contribution >= 4 is 17.6 Å². The molecule has 0 bridgehead atoms. The first-order valence-corrected chi connectivity index (χ1v) is 8.34. The predicted octanol–water partition coefficient (Wildman–Crippen LogP) is 2.91. The lowest BCUT2D eigenvalue weighted by atomic mass is 10.0. The van der Waals surface area contributed by atoms with Gasteiger partial charge in [-0.15, -0.1) is 0 Å². The molecular weight excluding hydrogens is 363 g/mol. The lowest BCUT2D eigenvalue weighted by molar-refractivity contribution is -0.137. The van der Waals surface area contributed by atoms with Crippen LogP contribution in [0, 0.1) is 0 Å². The number of likely N-dealkylation sites (tertiary alicyclic amines) is 1. The molecule has 27 heavy (non-hydrogen) atoms. The van der Waals surface area contributed by atoms with E-state index in [1.54, 1.807) is 4.90 Å². The molecule has 2 aromatic rings. The average Bonchev–Trinajstić information content (AvgIpc) is 3.26. The molecular formula is C17H18F3N5O2. The number of hydrogen-bond donors (Lipinski definition) is 3. The van der Waals surface area contributed by atoms with Crippen molar-refractivity contribution in [1.82, 2.24) is 20.4 Å². The van der Waals surface area contributed by atoms with E-state index in [9.17, 15) is 22.8 Å². The standard InChI is InChI=1S/C17H18F3N5O2/c18-17(19,20)12-4-1-3-11(7-12)14(10-25-6-2-5-15(25)26)24-16(27)23-13-8-21-22-9-13/h1,3-4,7-9,14H,2,5-6,10H2,(H,21,22)(H2,23,24,27). The van der Waals surface area contributed by atoms with Gasteiger partial charge in [0.2, 0.25) is 5.91 Å². The Morgan fingerprint density at radius 3 is 2.81 bits per heavy atom. The number of hydrogen-bond acceptors (Lipinski definition) is 3. The minimum Gasteiger partial charge on any atom is -0.340 e. The number of alkyl halides is 3. The molecule has 3 rings (SSSR count). The molecule has 0 radical (unpaired) electrons. The Labute approximate surface area is 152 Å². The molecule has 1 saturated heterocycles. The van der Waals surface area contributed by atoms with E-state index in [1.807, 2.05) is 0 Å². The Bertz CT molecular complexity index is 807. The number of anilines is 1. The Hall–Kier alpha value is -3.04. The second kappa shape index (κ2) is 7.68. The molecule has 2 heterocycles. The normalized spacial score (nSPS) is 15.7. The van der Waals surface area contributed by atoms with Gasteiger partial charge in [0, 0.05) is 25.7 Å². The first-order valence-electron chi connectivity index (χ1n) is 8.34. The van der Waals surface area contributed by atoms with Crippen LogP contribution in [0.4, 0.5) is 23.7 Å². The highest BCUT2D eigenvalue weighted by Gasteiger charge is 2.32. The van der Waals surface area contributed by atoms with Gasteiger partial charge in [-0.3, -0.25) is 9.89 Å². The third kappa shape index (κ3) is 4.78. The van der Waals surface area contributed by atoms with Crippen LogP contribution in [0.5, 0.6) is 0 Å². The molecule has 1 aliphatic heterocycles. The monoisotopic (exact) mass is 381 g/mol. The van der Waals surface area contributed by atoms with Crippen LogP contribution in [0.1, 0.15) is 30.0 Å². The summed E-state index contributed by atoms with van der Waals surface area (Å²) in [7, 11) is 0. The number of urea groups is 1. The Morgan fingerprint density at radius 1 is 1.37 bits per heavy atom. The maximum Gasteiger partial charge on any atom is 0.416 e. The van der Waals surface area contributed by atoms with Gasteiger partial charge in [0.05, 0.1) is 23.5 Å². The molecule has 7 nitrogen and oxygen atoms in total. The van der Waals surface area contributed by atoms with E-state index in [0.29, 0.717) is 25.1 Å². The summed E-state index contributed by atoms with van der Waals surface area (Å²) < 4.78 is 39.1. The summed E-state index contributed by atoms with van der Waals surface area (Å²) in [5, 5.41) is 11.4. The molecule has 3 amide bonds. The summed E-state index contributed by atoms with van der Waals surface area (Å²) in [4.78, 5) is 25.7. The molecule has 1 fully saturated rings. The largest absolute Gasteiger partial charge is 0.416 e. The number of halogens is 3. The van der Waals surface area contributed by atoms with E-state index in [2.05, 4.69) is 20.8 Å². The van der Waals surface area contributed by atoms with Crippen molar-refractivity contribution in [3.8, 4) is 0 Å². The third-order valence-electron chi connectivity index (χ3n) is 4.25. The van der Waals surface area contributed by atoms with Gasteiger partial charge in [-0.1, -0.05) is 12.1 Å². The first kappa shape index (κ1) is 18.7. The lowest BCUT2D eigenvalue weighted by Crippen LogP contribution is -2.40. The molecule has 1 aromatic carbocycles. The minimum atomic E-state index is -4.50. The van der Waals surface area contributed by atoms with Gasteiger partial charge in [0.1, 0.15) is 0 Å². The van der Waals surface area contributed by atoms with Gasteiger partial charge in [-0.2, -0.15) is 18.3 Å². The number of H-pyrrole nitrogens is 1. The van der Waals surface area contributed by atoms with E-state index in [1.165, 1.54) is 24.5 Å². The highest BCUT2D eigenvalue weighted by Crippen LogP contribution is 2.31. The number of amides is 3. The number of carbonyl (C=O) groups excluding carboxylic acids is 2. The summed E-state index contributed by atoms with van der Waals surface area (Å²) >= 11 is 0. The quantitative estimate of drug-likeness (QED) is 0.744. The number of rotatable bonds is 5. The summed E-state index contributed by atoms with van der Waals surface area (Å²) in [6.45, 7) is 0.609. The van der Waals surface area contributed by atoms with Crippen molar-refractivity contribution < 1.29 is 22.8 Å². The maximum absolute atomic E-state index is 13.0. The predicted molar refractivity (Wildman–Crippen MR) is 90.7 cm³/mol. The summed E-state index contributed by atoms with van der Waals surface area (Å²) in [5.74, 6) is -0.0796. The van der Waals surface area contributed by atoms with Gasteiger partial charge in [0.15, 0.2) is 0 Å². The van der Waals surface area contributed by atoms with Crippen molar-refractivity contribution in [2.45, 2.75) is 25.1 Å². The zero-order chi connectivity index (χ0) is 19.4. The number of aromatic nitrogens is 2. The third-order valence-corrected chi connectivity index (χ3v) is 4.25. The van der Waals surface area contributed by atoms with Crippen LogP contribution in [-0.4, -0.2) is 40.1 Å². The smallest absolute Gasteiger partial charge is 0.340 e. The van der Waals surface area contributed by atoms with Gasteiger partial charge in [-0.05, 0) is 24.1 Å². The summed E-state index contributed by atoms with van der Waals surface area (Å²) in [6, 6.07) is 3.34. The van der Waals surface area contributed by atoms with E-state index in [4.69, 9.17) is 0 Å². The average molecular weight is 381 g/mol. The molecule has 144 valence electrons. The topological polar surface area (TPSA) is 90.1 Å². The van der Waals surface area contributed by atoms with Gasteiger partial charge < -0.3 is 15.5 Å². The molecule has 0 aliphatic carbocycles. The maximum atomic E-state index is 13.0. The fraction of sp³-hybridized carbons (Fsp3) is 0.353. The Kier molecular flexibility index (Phi) is 5.33. The van der Waals surface area contributed by atoms with Crippen molar-refractivity contribution in [2.75, 3.05) is 18.4 Å². The Balaban J connectivity index is 1.80. The SMILES string of the molecule is O=C(Nc1cn[nH]c1)NC(CN1CCCC1=O)c1cccc(C(F)(F)F)c1. The van der Waals surface area contributed by atoms with E-state index in [-0.39, 0.29) is 18.0 Å². The van der Waals surface area contributed by atoms with E-state index in [0.717, 1.165) is 12.1 Å². The molecule has 1 atom stereocenters. The van der Waals surface area contributed by atoms with Crippen LogP contribution >= 0.6 is 0 Å². The molecule has 10 heteroatoms. The van der Waals surface area contributed by atoms with Crippen molar-refractivity contribution in [3.05, 3.63) is 47.8 Å².